The van der Waals surface area contributed by atoms with Gasteiger partial charge in [-0.1, -0.05) is 26.0 Å². The normalized spacial score (nSPS) is 14.4. The highest BCUT2D eigenvalue weighted by molar-refractivity contribution is 5.89. The second-order valence-corrected chi connectivity index (χ2v) is 4.77. The molecule has 0 unspecified atom stereocenters. The van der Waals surface area contributed by atoms with Crippen molar-refractivity contribution in [2.45, 2.75) is 27.3 Å². The number of carbonyl (C=O) groups is 2. The Bertz CT molecular complexity index is 480. The van der Waals surface area contributed by atoms with Crippen LogP contribution in [-0.4, -0.2) is 49.9 Å². The molecule has 1 heterocycles. The minimum atomic E-state index is -0.505. The molecule has 23 heavy (non-hydrogen) atoms. The fourth-order valence-corrected chi connectivity index (χ4v) is 2.01. The molecule has 6 nitrogen and oxygen atoms in total. The van der Waals surface area contributed by atoms with Gasteiger partial charge < -0.3 is 14.2 Å². The molecule has 1 aliphatic rings. The van der Waals surface area contributed by atoms with Crippen molar-refractivity contribution in [1.29, 1.82) is 0 Å². The topological polar surface area (TPSA) is 65.1 Å². The summed E-state index contributed by atoms with van der Waals surface area (Å²) in [7, 11) is 0. The summed E-state index contributed by atoms with van der Waals surface area (Å²) in [6.45, 7) is 9.11. The fourth-order valence-electron chi connectivity index (χ4n) is 2.01. The van der Waals surface area contributed by atoms with Crippen molar-refractivity contribution < 1.29 is 23.8 Å². The van der Waals surface area contributed by atoms with Crippen LogP contribution in [-0.2, 0) is 25.5 Å². The summed E-state index contributed by atoms with van der Waals surface area (Å²) < 4.78 is 14.7. The molecule has 0 aromatic heterocycles. The number of hydrogen-bond donors (Lipinski definition) is 0. The van der Waals surface area contributed by atoms with Crippen LogP contribution in [0.4, 0.5) is 0 Å². The maximum Gasteiger partial charge on any atom is 0.340 e. The van der Waals surface area contributed by atoms with Gasteiger partial charge in [-0.05, 0) is 17.7 Å². The van der Waals surface area contributed by atoms with E-state index in [0.717, 1.165) is 38.4 Å². The van der Waals surface area contributed by atoms with Crippen molar-refractivity contribution >= 4 is 11.9 Å². The van der Waals surface area contributed by atoms with Gasteiger partial charge in [0.1, 0.15) is 0 Å². The molecule has 6 heteroatoms. The Morgan fingerprint density at radius 2 is 1.70 bits per heavy atom. The zero-order chi connectivity index (χ0) is 17.1. The second-order valence-electron chi connectivity index (χ2n) is 4.77. The highest BCUT2D eigenvalue weighted by Gasteiger charge is 2.12. The van der Waals surface area contributed by atoms with E-state index >= 15 is 0 Å². The van der Waals surface area contributed by atoms with E-state index in [2.05, 4.69) is 9.64 Å². The number of ether oxygens (including phenoxy) is 3. The van der Waals surface area contributed by atoms with Crippen molar-refractivity contribution in [3.05, 3.63) is 35.4 Å². The lowest BCUT2D eigenvalue weighted by atomic mass is 10.1. The largest absolute Gasteiger partial charge is 0.428 e. The Morgan fingerprint density at radius 3 is 2.26 bits per heavy atom. The Labute approximate surface area is 137 Å². The maximum atomic E-state index is 11.7. The molecule has 0 bridgehead atoms. The molecule has 0 aliphatic carbocycles. The third-order valence-electron chi connectivity index (χ3n) is 3.15. The van der Waals surface area contributed by atoms with Crippen LogP contribution >= 0.6 is 0 Å². The fraction of sp³-hybridized carbons (Fsp3) is 0.529. The number of hydrogen-bond acceptors (Lipinski definition) is 6. The van der Waals surface area contributed by atoms with E-state index in [-0.39, 0.29) is 6.79 Å². The van der Waals surface area contributed by atoms with Crippen molar-refractivity contribution in [2.75, 3.05) is 33.1 Å². The molecule has 0 spiro atoms. The first-order chi connectivity index (χ1) is 11.1. The van der Waals surface area contributed by atoms with Crippen molar-refractivity contribution in [3.8, 4) is 0 Å². The SMILES string of the molecule is CC.CC(=O)OCOC(=O)c1ccc(CN2CCOCC2)cc1. The first-order valence-electron chi connectivity index (χ1n) is 7.84. The number of morpholine rings is 1. The summed E-state index contributed by atoms with van der Waals surface area (Å²) >= 11 is 0. The summed E-state index contributed by atoms with van der Waals surface area (Å²) in [6.07, 6.45) is 0. The lowest BCUT2D eigenvalue weighted by Crippen LogP contribution is -2.35. The summed E-state index contributed by atoms with van der Waals surface area (Å²) in [5.74, 6) is -0.988. The van der Waals surface area contributed by atoms with Crippen LogP contribution in [0.15, 0.2) is 24.3 Å². The van der Waals surface area contributed by atoms with Gasteiger partial charge in [0.25, 0.3) is 0 Å². The number of esters is 2. The predicted octanol–water partition coefficient (Wildman–Crippen LogP) is 2.22. The molecule has 1 saturated heterocycles. The molecular weight excluding hydrogens is 298 g/mol. The third-order valence-corrected chi connectivity index (χ3v) is 3.15. The van der Waals surface area contributed by atoms with Crippen LogP contribution in [0.25, 0.3) is 0 Å². The number of nitrogens with zero attached hydrogens (tertiary/aromatic N) is 1. The van der Waals surface area contributed by atoms with Crippen LogP contribution in [0.5, 0.6) is 0 Å². The van der Waals surface area contributed by atoms with Gasteiger partial charge in [-0.15, -0.1) is 0 Å². The quantitative estimate of drug-likeness (QED) is 0.611. The summed E-state index contributed by atoms with van der Waals surface area (Å²) in [6, 6.07) is 7.23. The van der Waals surface area contributed by atoms with E-state index in [1.807, 2.05) is 26.0 Å². The minimum Gasteiger partial charge on any atom is -0.428 e. The molecular formula is C17H25NO5. The summed E-state index contributed by atoms with van der Waals surface area (Å²) in [4.78, 5) is 24.6. The molecule has 1 aromatic carbocycles. The predicted molar refractivity (Wildman–Crippen MR) is 85.9 cm³/mol. The molecule has 0 N–H and O–H groups in total. The number of rotatable bonds is 5. The molecule has 0 radical (unpaired) electrons. The lowest BCUT2D eigenvalue weighted by molar-refractivity contribution is -0.149. The van der Waals surface area contributed by atoms with Gasteiger partial charge in [0, 0.05) is 26.6 Å². The lowest BCUT2D eigenvalue weighted by Gasteiger charge is -2.26. The van der Waals surface area contributed by atoms with Crippen molar-refractivity contribution in [3.63, 3.8) is 0 Å². The van der Waals surface area contributed by atoms with E-state index in [1.54, 1.807) is 12.1 Å². The van der Waals surface area contributed by atoms with E-state index in [9.17, 15) is 9.59 Å². The van der Waals surface area contributed by atoms with Crippen LogP contribution in [0.1, 0.15) is 36.7 Å². The molecule has 1 aliphatic heterocycles. The standard InChI is InChI=1S/C15H19NO5.C2H6/c1-12(17)20-11-21-15(18)14-4-2-13(3-5-14)10-16-6-8-19-9-7-16;1-2/h2-5H,6-11H2,1H3;1-2H3. The molecule has 2 rings (SSSR count). The van der Waals surface area contributed by atoms with Gasteiger partial charge >= 0.3 is 11.9 Å². The van der Waals surface area contributed by atoms with Crippen molar-refractivity contribution in [1.82, 2.24) is 4.90 Å². The van der Waals surface area contributed by atoms with Crippen LogP contribution < -0.4 is 0 Å². The number of carbonyl (C=O) groups excluding carboxylic acids is 2. The highest BCUT2D eigenvalue weighted by Crippen LogP contribution is 2.10. The first-order valence-corrected chi connectivity index (χ1v) is 7.84. The highest BCUT2D eigenvalue weighted by atomic mass is 16.7. The first kappa shape index (κ1) is 19.1. The van der Waals surface area contributed by atoms with Crippen molar-refractivity contribution in [2.24, 2.45) is 0 Å². The van der Waals surface area contributed by atoms with Gasteiger partial charge in [-0.2, -0.15) is 0 Å². The van der Waals surface area contributed by atoms with E-state index in [1.165, 1.54) is 6.92 Å². The van der Waals surface area contributed by atoms with Crippen LogP contribution in [0.2, 0.25) is 0 Å². The third kappa shape index (κ3) is 7.25. The average molecular weight is 323 g/mol. The Balaban J connectivity index is 0.00000127. The molecule has 0 saturated carbocycles. The summed E-state index contributed by atoms with van der Waals surface area (Å²) in [5, 5.41) is 0. The Morgan fingerprint density at radius 1 is 1.09 bits per heavy atom. The molecule has 1 fully saturated rings. The minimum absolute atomic E-state index is 0.357. The average Bonchev–Trinajstić information content (AvgIpc) is 2.58. The van der Waals surface area contributed by atoms with E-state index in [4.69, 9.17) is 9.47 Å². The van der Waals surface area contributed by atoms with Crippen LogP contribution in [0.3, 0.4) is 0 Å². The summed E-state index contributed by atoms with van der Waals surface area (Å²) in [5.41, 5.74) is 1.57. The van der Waals surface area contributed by atoms with Gasteiger partial charge in [0.2, 0.25) is 6.79 Å². The van der Waals surface area contributed by atoms with Gasteiger partial charge in [-0.3, -0.25) is 9.69 Å². The van der Waals surface area contributed by atoms with Crippen LogP contribution in [0, 0.1) is 0 Å². The smallest absolute Gasteiger partial charge is 0.340 e. The Kier molecular flexibility index (Phi) is 8.94. The van der Waals surface area contributed by atoms with E-state index < -0.39 is 11.9 Å². The van der Waals surface area contributed by atoms with E-state index in [0.29, 0.717) is 5.56 Å². The van der Waals surface area contributed by atoms with Gasteiger partial charge in [-0.25, -0.2) is 4.79 Å². The second kappa shape index (κ2) is 10.7. The molecule has 0 atom stereocenters. The molecule has 1 aromatic rings. The molecule has 0 amide bonds. The number of benzene rings is 1. The van der Waals surface area contributed by atoms with Gasteiger partial charge in [0.05, 0.1) is 18.8 Å². The molecule has 128 valence electrons. The zero-order valence-corrected chi connectivity index (χ0v) is 14.0. The monoisotopic (exact) mass is 323 g/mol. The Hall–Kier alpha value is -1.92. The zero-order valence-electron chi connectivity index (χ0n) is 14.0. The maximum absolute atomic E-state index is 11.7. The van der Waals surface area contributed by atoms with Gasteiger partial charge in [0.15, 0.2) is 0 Å².